The average molecular weight is 402 g/mol. The smallest absolute Gasteiger partial charge is 0.191 e. The van der Waals surface area contributed by atoms with Gasteiger partial charge < -0.3 is 10.6 Å². The molecule has 1 saturated carbocycles. The standard InChI is InChI=1S/C21H31N5OS/c1-3-22-21(24-17-9-8-12-20(15-17)28(27)4-2)23-16-18-13-14-26(25-18)19-10-6-5-7-11-19/h5-7,10-11,13-14,17,20H,3-4,8-9,12,15-16H2,1-2H3,(H2,22,23,24). The third kappa shape index (κ3) is 5.67. The largest absolute Gasteiger partial charge is 0.357 e. The first-order valence-corrected chi connectivity index (χ1v) is 11.6. The van der Waals surface area contributed by atoms with E-state index in [0.717, 1.165) is 55.3 Å². The Kier molecular flexibility index (Phi) is 7.65. The number of hydrogen-bond acceptors (Lipinski definition) is 3. The Labute approximate surface area is 170 Å². The van der Waals surface area contributed by atoms with Crippen LogP contribution in [0.5, 0.6) is 0 Å². The van der Waals surface area contributed by atoms with Gasteiger partial charge in [0.25, 0.3) is 0 Å². The summed E-state index contributed by atoms with van der Waals surface area (Å²) in [6, 6.07) is 12.4. The van der Waals surface area contributed by atoms with E-state index in [1.54, 1.807) is 0 Å². The minimum Gasteiger partial charge on any atom is -0.357 e. The number of nitrogens with zero attached hydrogens (tertiary/aromatic N) is 3. The molecule has 1 aromatic carbocycles. The summed E-state index contributed by atoms with van der Waals surface area (Å²) in [7, 11) is -0.715. The van der Waals surface area contributed by atoms with Gasteiger partial charge in [-0.15, -0.1) is 0 Å². The zero-order valence-electron chi connectivity index (χ0n) is 16.8. The number of aliphatic imine (C=N–C) groups is 1. The van der Waals surface area contributed by atoms with Gasteiger partial charge in [-0.25, -0.2) is 9.67 Å². The Morgan fingerprint density at radius 3 is 2.82 bits per heavy atom. The van der Waals surface area contributed by atoms with Crippen molar-refractivity contribution in [1.82, 2.24) is 20.4 Å². The Morgan fingerprint density at radius 2 is 2.07 bits per heavy atom. The molecule has 1 aromatic heterocycles. The predicted molar refractivity (Wildman–Crippen MR) is 116 cm³/mol. The highest BCUT2D eigenvalue weighted by Gasteiger charge is 2.26. The van der Waals surface area contributed by atoms with Crippen molar-refractivity contribution in [3.05, 3.63) is 48.3 Å². The molecule has 3 rings (SSSR count). The number of guanidine groups is 1. The van der Waals surface area contributed by atoms with Crippen molar-refractivity contribution in [2.45, 2.75) is 57.4 Å². The molecule has 7 heteroatoms. The molecule has 152 valence electrons. The van der Waals surface area contributed by atoms with Gasteiger partial charge in [0.1, 0.15) is 0 Å². The summed E-state index contributed by atoms with van der Waals surface area (Å²) in [5.74, 6) is 1.56. The Hall–Kier alpha value is -2.15. The molecule has 0 amide bonds. The van der Waals surface area contributed by atoms with Crippen LogP contribution in [0, 0.1) is 0 Å². The lowest BCUT2D eigenvalue weighted by Crippen LogP contribution is -2.46. The predicted octanol–water partition coefficient (Wildman–Crippen LogP) is 3.01. The van der Waals surface area contributed by atoms with Crippen molar-refractivity contribution < 1.29 is 4.21 Å². The zero-order chi connectivity index (χ0) is 19.8. The zero-order valence-corrected chi connectivity index (χ0v) is 17.6. The minimum absolute atomic E-state index is 0.306. The van der Waals surface area contributed by atoms with Gasteiger partial charge in [-0.05, 0) is 44.4 Å². The fourth-order valence-electron chi connectivity index (χ4n) is 3.59. The molecule has 0 radical (unpaired) electrons. The monoisotopic (exact) mass is 401 g/mol. The summed E-state index contributed by atoms with van der Waals surface area (Å²) < 4.78 is 14.1. The van der Waals surface area contributed by atoms with Crippen molar-refractivity contribution >= 4 is 16.8 Å². The van der Waals surface area contributed by atoms with E-state index < -0.39 is 10.8 Å². The highest BCUT2D eigenvalue weighted by atomic mass is 32.2. The number of aromatic nitrogens is 2. The van der Waals surface area contributed by atoms with Crippen molar-refractivity contribution in [3.63, 3.8) is 0 Å². The van der Waals surface area contributed by atoms with E-state index in [9.17, 15) is 4.21 Å². The maximum absolute atomic E-state index is 12.2. The van der Waals surface area contributed by atoms with Gasteiger partial charge in [0.2, 0.25) is 0 Å². The van der Waals surface area contributed by atoms with Crippen LogP contribution in [-0.2, 0) is 17.3 Å². The molecule has 1 aliphatic carbocycles. The first-order valence-electron chi connectivity index (χ1n) is 10.2. The van der Waals surface area contributed by atoms with Gasteiger partial charge in [0.05, 0.1) is 17.9 Å². The van der Waals surface area contributed by atoms with Crippen LogP contribution in [0.25, 0.3) is 5.69 Å². The molecule has 28 heavy (non-hydrogen) atoms. The second-order valence-electron chi connectivity index (χ2n) is 7.08. The quantitative estimate of drug-likeness (QED) is 0.553. The fourth-order valence-corrected chi connectivity index (χ4v) is 4.94. The van der Waals surface area contributed by atoms with Gasteiger partial charge in [0.15, 0.2) is 5.96 Å². The van der Waals surface area contributed by atoms with E-state index in [2.05, 4.69) is 22.7 Å². The maximum Gasteiger partial charge on any atom is 0.191 e. The van der Waals surface area contributed by atoms with E-state index in [0.29, 0.717) is 17.8 Å². The average Bonchev–Trinajstić information content (AvgIpc) is 3.21. The second-order valence-corrected chi connectivity index (χ2v) is 9.09. The molecule has 0 bridgehead atoms. The Balaban J connectivity index is 1.61. The summed E-state index contributed by atoms with van der Waals surface area (Å²) in [5.41, 5.74) is 1.97. The van der Waals surface area contributed by atoms with Crippen LogP contribution in [-0.4, -0.2) is 43.5 Å². The molecule has 3 atom stereocenters. The number of para-hydroxylation sites is 1. The molecule has 0 aliphatic heterocycles. The van der Waals surface area contributed by atoms with Crippen LogP contribution in [0.1, 0.15) is 45.2 Å². The third-order valence-electron chi connectivity index (χ3n) is 5.03. The summed E-state index contributed by atoms with van der Waals surface area (Å²) in [5, 5.41) is 11.8. The molecule has 1 heterocycles. The number of nitrogens with one attached hydrogen (secondary N) is 2. The fraction of sp³-hybridized carbons (Fsp3) is 0.524. The molecule has 6 nitrogen and oxygen atoms in total. The van der Waals surface area contributed by atoms with Crippen molar-refractivity contribution in [1.29, 1.82) is 0 Å². The topological polar surface area (TPSA) is 71.3 Å². The van der Waals surface area contributed by atoms with Crippen LogP contribution in [0.15, 0.2) is 47.6 Å². The number of rotatable bonds is 7. The molecule has 1 aliphatic rings. The summed E-state index contributed by atoms with van der Waals surface area (Å²) >= 11 is 0. The van der Waals surface area contributed by atoms with Gasteiger partial charge in [0, 0.05) is 40.6 Å². The Morgan fingerprint density at radius 1 is 1.25 bits per heavy atom. The molecule has 0 spiro atoms. The first kappa shape index (κ1) is 20.6. The first-order chi connectivity index (χ1) is 13.7. The van der Waals surface area contributed by atoms with Crippen LogP contribution in [0.4, 0.5) is 0 Å². The molecule has 2 N–H and O–H groups in total. The van der Waals surface area contributed by atoms with Crippen LogP contribution in [0.2, 0.25) is 0 Å². The molecule has 2 aromatic rings. The van der Waals surface area contributed by atoms with Crippen LogP contribution < -0.4 is 10.6 Å². The normalized spacial score (nSPS) is 21.3. The number of benzene rings is 1. The molecular weight excluding hydrogens is 370 g/mol. The minimum atomic E-state index is -0.715. The van der Waals surface area contributed by atoms with Gasteiger partial charge in [-0.3, -0.25) is 4.21 Å². The van der Waals surface area contributed by atoms with E-state index >= 15 is 0 Å². The lowest BCUT2D eigenvalue weighted by atomic mass is 9.95. The second kappa shape index (κ2) is 10.4. The van der Waals surface area contributed by atoms with Crippen molar-refractivity contribution in [2.75, 3.05) is 12.3 Å². The number of hydrogen-bond donors (Lipinski definition) is 2. The SMILES string of the molecule is CCNC(=NCc1ccn(-c2ccccc2)n1)NC1CCCC(S(=O)CC)C1. The summed E-state index contributed by atoms with van der Waals surface area (Å²) in [6.45, 7) is 5.40. The van der Waals surface area contributed by atoms with Crippen LogP contribution >= 0.6 is 0 Å². The van der Waals surface area contributed by atoms with Gasteiger partial charge in [-0.2, -0.15) is 5.10 Å². The maximum atomic E-state index is 12.2. The van der Waals surface area contributed by atoms with Crippen molar-refractivity contribution in [3.8, 4) is 5.69 Å². The molecule has 0 saturated heterocycles. The highest BCUT2D eigenvalue weighted by molar-refractivity contribution is 7.85. The lowest BCUT2D eigenvalue weighted by Gasteiger charge is -2.30. The molecule has 1 fully saturated rings. The van der Waals surface area contributed by atoms with Gasteiger partial charge in [-0.1, -0.05) is 31.5 Å². The van der Waals surface area contributed by atoms with E-state index in [-0.39, 0.29) is 0 Å². The van der Waals surface area contributed by atoms with Gasteiger partial charge >= 0.3 is 0 Å². The van der Waals surface area contributed by atoms with E-state index in [4.69, 9.17) is 4.99 Å². The summed E-state index contributed by atoms with van der Waals surface area (Å²) in [6.07, 6.45) is 6.21. The molecular formula is C21H31N5OS. The molecule has 3 unspecified atom stereocenters. The van der Waals surface area contributed by atoms with E-state index in [1.165, 1.54) is 0 Å². The summed E-state index contributed by atoms with van der Waals surface area (Å²) in [4.78, 5) is 4.72. The van der Waals surface area contributed by atoms with Crippen molar-refractivity contribution in [2.24, 2.45) is 4.99 Å². The third-order valence-corrected chi connectivity index (χ3v) is 6.77. The Bertz CT molecular complexity index is 789. The van der Waals surface area contributed by atoms with E-state index in [1.807, 2.05) is 54.2 Å². The lowest BCUT2D eigenvalue weighted by molar-refractivity contribution is 0.413. The van der Waals surface area contributed by atoms with Crippen LogP contribution in [0.3, 0.4) is 0 Å². The highest BCUT2D eigenvalue weighted by Crippen LogP contribution is 2.23.